The van der Waals surface area contributed by atoms with Crippen LogP contribution >= 0.6 is 22.9 Å². The van der Waals surface area contributed by atoms with Crippen LogP contribution in [0, 0.1) is 19.3 Å². The number of aromatic nitrogens is 1. The van der Waals surface area contributed by atoms with Gasteiger partial charge in [0.1, 0.15) is 11.2 Å². The Morgan fingerprint density at radius 3 is 3.04 bits per heavy atom. The molecule has 0 unspecified atom stereocenters. The number of pyridine rings is 1. The van der Waals surface area contributed by atoms with E-state index >= 15 is 0 Å². The predicted molar refractivity (Wildman–Crippen MR) is 116 cm³/mol. The molecule has 0 bridgehead atoms. The highest BCUT2D eigenvalue weighted by Crippen LogP contribution is 2.40. The summed E-state index contributed by atoms with van der Waals surface area (Å²) in [7, 11) is 0. The number of anilines is 1. The summed E-state index contributed by atoms with van der Waals surface area (Å²) in [6, 6.07) is 1.86. The van der Waals surface area contributed by atoms with Gasteiger partial charge in [-0.25, -0.2) is 9.98 Å². The maximum atomic E-state index is 11.6. The number of aryl methyl sites for hydroxylation is 1. The molecule has 2 heterocycles. The summed E-state index contributed by atoms with van der Waals surface area (Å²) in [4.78, 5) is 23.8. The number of aliphatic imine (C=N–C) groups is 1. The van der Waals surface area contributed by atoms with Gasteiger partial charge >= 0.3 is 0 Å². The van der Waals surface area contributed by atoms with Crippen molar-refractivity contribution in [2.75, 3.05) is 11.9 Å². The van der Waals surface area contributed by atoms with E-state index in [4.69, 9.17) is 18.0 Å². The van der Waals surface area contributed by atoms with Crippen LogP contribution < -0.4 is 5.32 Å². The second-order valence-corrected chi connectivity index (χ2v) is 6.73. The van der Waals surface area contributed by atoms with E-state index in [1.165, 1.54) is 28.1 Å². The van der Waals surface area contributed by atoms with Crippen LogP contribution in [0.15, 0.2) is 52.8 Å². The third kappa shape index (κ3) is 5.07. The minimum absolute atomic E-state index is 0.399. The molecule has 27 heavy (non-hydrogen) atoms. The molecule has 5 nitrogen and oxygen atoms in total. The number of carbonyl (C=O) groups excluding carboxylic acids is 1. The molecule has 0 saturated carbocycles. The van der Waals surface area contributed by atoms with Crippen LogP contribution in [0.3, 0.4) is 0 Å². The van der Waals surface area contributed by atoms with Crippen molar-refractivity contribution in [2.45, 2.75) is 13.8 Å². The molecule has 0 aliphatic carbocycles. The van der Waals surface area contributed by atoms with E-state index < -0.39 is 0 Å². The quantitative estimate of drug-likeness (QED) is 0.224. The average Bonchev–Trinajstić information content (AvgIpc) is 3.00. The van der Waals surface area contributed by atoms with Gasteiger partial charge in [-0.3, -0.25) is 9.69 Å². The number of terminal acetylenes is 1. The summed E-state index contributed by atoms with van der Waals surface area (Å²) in [5.41, 5.74) is 3.62. The van der Waals surface area contributed by atoms with E-state index in [0.29, 0.717) is 18.7 Å². The van der Waals surface area contributed by atoms with Crippen LogP contribution in [0.2, 0.25) is 0 Å². The molecule has 1 N–H and O–H groups in total. The standard InChI is InChI=1S/C20H19ClN4OS/c1-4-7-16(8-6-10-21)25(14-26)13-24-19-15(3)27-20-18(19)17(9-12-23-20)22-11-5-2/h2,4,6-10,12-14H,11H2,1,3H3,(H,22,23)/b7-4-,10-6+,16-8+,24-13?. The lowest BCUT2D eigenvalue weighted by Crippen LogP contribution is -2.17. The van der Waals surface area contributed by atoms with Gasteiger partial charge in [-0.15, -0.1) is 17.8 Å². The summed E-state index contributed by atoms with van der Waals surface area (Å²) in [6.45, 7) is 4.23. The van der Waals surface area contributed by atoms with Crippen molar-refractivity contribution in [3.8, 4) is 12.3 Å². The topological polar surface area (TPSA) is 57.6 Å². The van der Waals surface area contributed by atoms with Crippen molar-refractivity contribution in [1.82, 2.24) is 9.88 Å². The van der Waals surface area contributed by atoms with Gasteiger partial charge in [-0.1, -0.05) is 23.6 Å². The van der Waals surface area contributed by atoms with Crippen molar-refractivity contribution >= 4 is 57.3 Å². The molecule has 0 aliphatic heterocycles. The highest BCUT2D eigenvalue weighted by atomic mass is 35.5. The highest BCUT2D eigenvalue weighted by Gasteiger charge is 2.13. The smallest absolute Gasteiger partial charge is 0.219 e. The lowest BCUT2D eigenvalue weighted by molar-refractivity contribution is -0.113. The Labute approximate surface area is 167 Å². The fourth-order valence-electron chi connectivity index (χ4n) is 2.38. The average molecular weight is 399 g/mol. The minimum atomic E-state index is 0.399. The van der Waals surface area contributed by atoms with Gasteiger partial charge in [-0.2, -0.15) is 0 Å². The Hall–Kier alpha value is -2.88. The molecule has 0 radical (unpaired) electrons. The van der Waals surface area contributed by atoms with E-state index in [9.17, 15) is 4.79 Å². The van der Waals surface area contributed by atoms with Gasteiger partial charge in [0.15, 0.2) is 0 Å². The molecule has 0 fully saturated rings. The third-order valence-corrected chi connectivity index (χ3v) is 4.67. The SMILES string of the molecule is C#CCNc1ccnc2sc(C)c(N=CN(C=O)C(/C=C\C)=C/C=C/Cl)c12. The predicted octanol–water partition coefficient (Wildman–Crippen LogP) is 4.98. The zero-order valence-electron chi connectivity index (χ0n) is 15.0. The van der Waals surface area contributed by atoms with Crippen LogP contribution in [0.25, 0.3) is 10.2 Å². The number of halogens is 1. The van der Waals surface area contributed by atoms with Crippen LogP contribution in [0.1, 0.15) is 11.8 Å². The Morgan fingerprint density at radius 1 is 1.56 bits per heavy atom. The summed E-state index contributed by atoms with van der Waals surface area (Å²) in [5.74, 6) is 2.56. The molecule has 0 spiro atoms. The maximum absolute atomic E-state index is 11.6. The van der Waals surface area contributed by atoms with Crippen molar-refractivity contribution in [3.63, 3.8) is 0 Å². The summed E-state index contributed by atoms with van der Waals surface area (Å²) in [6.07, 6.45) is 16.2. The normalized spacial score (nSPS) is 12.3. The number of nitrogens with zero attached hydrogens (tertiary/aromatic N) is 3. The molecule has 0 saturated heterocycles. The Kier molecular flexibility index (Phi) is 7.80. The Bertz CT molecular complexity index is 966. The first kappa shape index (κ1) is 20.4. The lowest BCUT2D eigenvalue weighted by atomic mass is 10.2. The van der Waals surface area contributed by atoms with Crippen molar-refractivity contribution in [3.05, 3.63) is 52.7 Å². The maximum Gasteiger partial charge on any atom is 0.219 e. The number of nitrogens with one attached hydrogen (secondary N) is 1. The molecule has 2 aromatic rings. The fourth-order valence-corrected chi connectivity index (χ4v) is 3.41. The monoisotopic (exact) mass is 398 g/mol. The summed E-state index contributed by atoms with van der Waals surface area (Å²) < 4.78 is 0. The number of hydrogen-bond donors (Lipinski definition) is 1. The number of hydrogen-bond acceptors (Lipinski definition) is 5. The van der Waals surface area contributed by atoms with E-state index in [1.807, 2.05) is 26.0 Å². The molecule has 0 aliphatic rings. The van der Waals surface area contributed by atoms with Crippen molar-refractivity contribution < 1.29 is 4.79 Å². The first-order valence-electron chi connectivity index (χ1n) is 8.09. The van der Waals surface area contributed by atoms with Crippen LogP contribution in [-0.2, 0) is 4.79 Å². The molecule has 1 amide bonds. The lowest BCUT2D eigenvalue weighted by Gasteiger charge is -2.12. The molecular weight excluding hydrogens is 380 g/mol. The molecule has 0 atom stereocenters. The van der Waals surface area contributed by atoms with E-state index in [2.05, 4.69) is 21.2 Å². The van der Waals surface area contributed by atoms with Gasteiger partial charge in [0.25, 0.3) is 0 Å². The minimum Gasteiger partial charge on any atom is -0.373 e. The third-order valence-electron chi connectivity index (χ3n) is 3.52. The van der Waals surface area contributed by atoms with E-state index in [1.54, 1.807) is 24.4 Å². The second-order valence-electron chi connectivity index (χ2n) is 5.27. The molecule has 138 valence electrons. The largest absolute Gasteiger partial charge is 0.373 e. The van der Waals surface area contributed by atoms with Crippen molar-refractivity contribution in [1.29, 1.82) is 0 Å². The summed E-state index contributed by atoms with van der Waals surface area (Å²) in [5, 5.41) is 4.07. The molecular formula is C20H19ClN4OS. The zero-order valence-corrected chi connectivity index (χ0v) is 16.6. The van der Waals surface area contributed by atoms with E-state index in [-0.39, 0.29) is 0 Å². The first-order valence-corrected chi connectivity index (χ1v) is 9.34. The molecule has 7 heteroatoms. The zero-order chi connectivity index (χ0) is 19.6. The van der Waals surface area contributed by atoms with Crippen LogP contribution in [-0.4, -0.2) is 29.2 Å². The Balaban J connectivity index is 2.48. The number of amides is 1. The summed E-state index contributed by atoms with van der Waals surface area (Å²) >= 11 is 7.12. The highest BCUT2D eigenvalue weighted by molar-refractivity contribution is 7.19. The Morgan fingerprint density at radius 2 is 2.37 bits per heavy atom. The number of thiophene rings is 1. The number of allylic oxidation sites excluding steroid dienone is 4. The van der Waals surface area contributed by atoms with Gasteiger partial charge in [0.2, 0.25) is 6.41 Å². The molecule has 2 rings (SSSR count). The fraction of sp³-hybridized carbons (Fsp3) is 0.150. The first-order chi connectivity index (χ1) is 13.2. The molecule has 0 aromatic carbocycles. The van der Waals surface area contributed by atoms with Gasteiger partial charge < -0.3 is 5.32 Å². The molecule has 2 aromatic heterocycles. The van der Waals surface area contributed by atoms with Crippen molar-refractivity contribution in [2.24, 2.45) is 4.99 Å². The number of carbonyl (C=O) groups is 1. The van der Waals surface area contributed by atoms with Gasteiger partial charge in [0.05, 0.1) is 17.6 Å². The van der Waals surface area contributed by atoms with Crippen LogP contribution in [0.5, 0.6) is 0 Å². The van der Waals surface area contributed by atoms with Gasteiger partial charge in [-0.05, 0) is 38.1 Å². The number of fused-ring (bicyclic) bond motifs is 1. The van der Waals surface area contributed by atoms with Crippen LogP contribution in [0.4, 0.5) is 11.4 Å². The van der Waals surface area contributed by atoms with Gasteiger partial charge in [0, 0.05) is 28.0 Å². The number of rotatable bonds is 8. The second kappa shape index (κ2) is 10.3. The van der Waals surface area contributed by atoms with E-state index in [0.717, 1.165) is 26.5 Å².